The van der Waals surface area contributed by atoms with Gasteiger partial charge in [-0.1, -0.05) is 0 Å². The minimum atomic E-state index is 0. The molecule has 0 saturated heterocycles. The van der Waals surface area contributed by atoms with Crippen LogP contribution in [0.5, 0.6) is 0 Å². The van der Waals surface area contributed by atoms with Gasteiger partial charge >= 0.3 is 128 Å². The summed E-state index contributed by atoms with van der Waals surface area (Å²) in [5, 5.41) is 0. The van der Waals surface area contributed by atoms with Gasteiger partial charge in [0.1, 0.15) is 0 Å². The van der Waals surface area contributed by atoms with E-state index in [0.29, 0.717) is 0 Å². The summed E-state index contributed by atoms with van der Waals surface area (Å²) in [4.78, 5) is 0. The molecule has 0 aromatic carbocycles. The minimum Gasteiger partial charge on any atom is -3.00 e. The van der Waals surface area contributed by atoms with Gasteiger partial charge in [0.05, 0.1) is 0 Å². The maximum Gasteiger partial charge on any atom is 6.00 e. The third kappa shape index (κ3) is 347. The van der Waals surface area contributed by atoms with E-state index >= 15 is 0 Å². The molecule has 0 unspecified atom stereocenters. The van der Waals surface area contributed by atoms with Crippen molar-refractivity contribution in [2.45, 2.75) is 0 Å². The monoisotopic (exact) mass is 578 g/mol. The number of hydrogen-bond donors (Lipinski definition) is 0. The topological polar surface area (TPSA) is 305 Å². The number of nitrogens with zero attached hydrogens (tertiary/aromatic N) is 10. The van der Waals surface area contributed by atoms with Crippen LogP contribution in [-0.2, 0) is 128 Å². The predicted octanol–water partition coefficient (Wildman–Crippen LogP) is 2.87. The van der Waals surface area contributed by atoms with Crippen LogP contribution in [0.2, 0.25) is 0 Å². The van der Waals surface area contributed by atoms with Gasteiger partial charge in [0.15, 0.2) is 0 Å². The van der Waals surface area contributed by atoms with Crippen LogP contribution in [0.15, 0.2) is 0 Å². The van der Waals surface area contributed by atoms with Crippen molar-refractivity contribution in [1.29, 1.82) is 0 Å². The molecule has 0 bridgehead atoms. The van der Waals surface area contributed by atoms with Crippen molar-refractivity contribution in [2.24, 2.45) is 0 Å². The first-order valence-corrected chi connectivity index (χ1v) is 0. The van der Waals surface area contributed by atoms with Gasteiger partial charge in [-0.25, -0.2) is 0 Å². The van der Waals surface area contributed by atoms with Crippen molar-refractivity contribution in [2.75, 3.05) is 0 Å². The van der Waals surface area contributed by atoms with Gasteiger partial charge < -0.3 is 61.5 Å². The molecule has 0 N–H and O–H groups in total. The Morgan fingerprint density at radius 2 is 0.188 bits per heavy atom. The fraction of sp³-hybridized carbons (Fsp3) is 0. The van der Waals surface area contributed by atoms with Crippen LogP contribution in [-0.4, -0.2) is 0 Å². The van der Waals surface area contributed by atoms with Gasteiger partial charge in [0, 0.05) is 0 Å². The Kier molecular flexibility index (Phi) is 12400. The average molecular weight is 571 g/mol. The molecule has 80 valence electrons. The Balaban J connectivity index is 0. The first-order valence-electron chi connectivity index (χ1n) is 0. The van der Waals surface area contributed by atoms with Crippen molar-refractivity contribution in [3.63, 3.8) is 0 Å². The molecular weight excluding hydrogens is 571 g/mol. The van der Waals surface area contributed by atoms with Crippen molar-refractivity contribution in [3.8, 4) is 0 Å². The molecule has 0 rings (SSSR count). The van der Waals surface area contributed by atoms with E-state index in [9.17, 15) is 0 Å². The van der Waals surface area contributed by atoms with Crippen LogP contribution in [0, 0.1) is 0 Å². The summed E-state index contributed by atoms with van der Waals surface area (Å²) in [6, 6.07) is 0. The van der Waals surface area contributed by atoms with Crippen molar-refractivity contribution < 1.29 is 128 Å². The normalized spacial score (nSPS) is 0. The van der Waals surface area contributed by atoms with Gasteiger partial charge in [0.25, 0.3) is 0 Å². The van der Waals surface area contributed by atoms with Crippen LogP contribution in [0.25, 0.3) is 61.5 Å². The summed E-state index contributed by atoms with van der Waals surface area (Å²) in [6.45, 7) is 0. The fourth-order valence-corrected chi connectivity index (χ4v) is 0. The van der Waals surface area contributed by atoms with E-state index in [4.69, 9.17) is 0 Å². The molecule has 0 radical (unpaired) electrons. The molecule has 0 atom stereocenters. The Labute approximate surface area is 187 Å². The molecule has 16 heavy (non-hydrogen) atoms. The maximum absolute atomic E-state index is 0. The summed E-state index contributed by atoms with van der Waals surface area (Å²) >= 11 is 0. The third-order valence-corrected chi connectivity index (χ3v) is 0. The molecule has 0 spiro atoms. The van der Waals surface area contributed by atoms with Gasteiger partial charge in [-0.05, 0) is 0 Å². The standard InChI is InChI=1S/3Mo.10N.3Ti/q3*+6;10*-3;3*+4. The zero-order valence-corrected chi connectivity index (χ0v) is 17.9. The summed E-state index contributed by atoms with van der Waals surface area (Å²) in [7, 11) is 0. The van der Waals surface area contributed by atoms with Gasteiger partial charge in [0.2, 0.25) is 0 Å². The number of rotatable bonds is 0. The zero-order chi connectivity index (χ0) is 0. The van der Waals surface area contributed by atoms with E-state index < -0.39 is 0 Å². The minimum absolute atomic E-state index is 0. The second-order valence-electron chi connectivity index (χ2n) is 0. The molecule has 0 fully saturated rings. The summed E-state index contributed by atoms with van der Waals surface area (Å²) in [6.07, 6.45) is 0. The Morgan fingerprint density at radius 1 is 0.188 bits per heavy atom. The van der Waals surface area contributed by atoms with Crippen LogP contribution in [0.1, 0.15) is 0 Å². The molecule has 0 amide bonds. The maximum atomic E-state index is 0. The molecule has 0 aliphatic rings. The first kappa shape index (κ1) is 483. The van der Waals surface area contributed by atoms with E-state index in [2.05, 4.69) is 0 Å². The van der Waals surface area contributed by atoms with Crippen LogP contribution in [0.3, 0.4) is 0 Å². The van der Waals surface area contributed by atoms with E-state index in [0.717, 1.165) is 0 Å². The predicted molar refractivity (Wildman–Crippen MR) is 33.6 cm³/mol. The van der Waals surface area contributed by atoms with E-state index in [1.807, 2.05) is 0 Å². The largest absolute Gasteiger partial charge is 6.00 e. The quantitative estimate of drug-likeness (QED) is 0.379. The Bertz CT molecular complexity index is 21.3. The van der Waals surface area contributed by atoms with E-state index in [-0.39, 0.29) is 190 Å². The summed E-state index contributed by atoms with van der Waals surface area (Å²) < 4.78 is 0. The van der Waals surface area contributed by atoms with E-state index in [1.54, 1.807) is 0 Å². The molecule has 16 heteroatoms. The average Bonchev–Trinajstić information content (AvgIpc) is 0. The number of hydrogen-bond acceptors (Lipinski definition) is 0. The van der Waals surface area contributed by atoms with E-state index in [1.165, 1.54) is 0 Å². The van der Waals surface area contributed by atoms with Gasteiger partial charge in [-0.2, -0.15) is 0 Å². The van der Waals surface area contributed by atoms with Gasteiger partial charge in [-0.15, -0.1) is 0 Å². The zero-order valence-electron chi connectivity index (χ0n) is 7.20. The van der Waals surface area contributed by atoms with Gasteiger partial charge in [-0.3, -0.25) is 0 Å². The molecule has 0 aromatic heterocycles. The first-order chi connectivity index (χ1) is 0. The van der Waals surface area contributed by atoms with Crippen molar-refractivity contribution in [1.82, 2.24) is 0 Å². The van der Waals surface area contributed by atoms with Crippen LogP contribution in [0.4, 0.5) is 0 Å². The SMILES string of the molecule is [Mo+6].[Mo+6].[Mo+6].[N-3].[N-3].[N-3].[N-3].[N-3].[N-3].[N-3].[N-3].[N-3].[N-3].[Ti+4].[Ti+4].[Ti+4]. The molecular formula is Mo3N10Ti3. The van der Waals surface area contributed by atoms with Crippen LogP contribution >= 0.6 is 0 Å². The molecule has 0 aliphatic heterocycles. The van der Waals surface area contributed by atoms with Crippen molar-refractivity contribution >= 4 is 0 Å². The third-order valence-electron chi connectivity index (χ3n) is 0. The van der Waals surface area contributed by atoms with Crippen LogP contribution < -0.4 is 0 Å². The Morgan fingerprint density at radius 3 is 0.188 bits per heavy atom. The molecule has 10 nitrogen and oxygen atoms in total. The fourth-order valence-electron chi connectivity index (χ4n) is 0. The van der Waals surface area contributed by atoms with Crippen molar-refractivity contribution in [3.05, 3.63) is 61.5 Å². The molecule has 0 aliphatic carbocycles. The summed E-state index contributed by atoms with van der Waals surface area (Å²) in [5.74, 6) is 0. The molecule has 0 saturated carbocycles. The molecule has 0 heterocycles. The Hall–Kier alpha value is 3.81. The second kappa shape index (κ2) is 411. The summed E-state index contributed by atoms with van der Waals surface area (Å²) in [5.41, 5.74) is 0. The smallest absolute Gasteiger partial charge is 3.00 e. The molecule has 0 aromatic rings. The second-order valence-corrected chi connectivity index (χ2v) is 0.